The van der Waals surface area contributed by atoms with E-state index in [0.29, 0.717) is 5.56 Å². The van der Waals surface area contributed by atoms with Crippen LogP contribution in [0.5, 0.6) is 0 Å². The maximum absolute atomic E-state index is 11.5. The summed E-state index contributed by atoms with van der Waals surface area (Å²) in [5.74, 6) is 4.89. The molecule has 0 spiro atoms. The van der Waals surface area contributed by atoms with Crippen molar-refractivity contribution in [3.8, 4) is 11.1 Å². The van der Waals surface area contributed by atoms with Gasteiger partial charge in [0.1, 0.15) is 0 Å². The fraction of sp³-hybridized carbons (Fsp3) is 0.0714. The van der Waals surface area contributed by atoms with Crippen molar-refractivity contribution in [2.45, 2.75) is 6.42 Å². The molecule has 1 aliphatic carbocycles. The van der Waals surface area contributed by atoms with Crippen molar-refractivity contribution in [1.82, 2.24) is 5.43 Å². The lowest BCUT2D eigenvalue weighted by Gasteiger charge is -2.03. The van der Waals surface area contributed by atoms with Crippen molar-refractivity contribution < 1.29 is 4.79 Å². The van der Waals surface area contributed by atoms with Gasteiger partial charge in [-0.05, 0) is 40.8 Å². The summed E-state index contributed by atoms with van der Waals surface area (Å²) in [6.07, 6.45) is 0.886. The third kappa shape index (κ3) is 1.52. The average Bonchev–Trinajstić information content (AvgIpc) is 2.75. The molecule has 0 saturated carbocycles. The normalized spacial score (nSPS) is 11.8. The first-order chi connectivity index (χ1) is 8.29. The Balaban J connectivity index is 2.10. The molecule has 0 heterocycles. The Kier molecular flexibility index (Phi) is 2.20. The van der Waals surface area contributed by atoms with Crippen molar-refractivity contribution in [3.63, 3.8) is 0 Å². The van der Waals surface area contributed by atoms with Gasteiger partial charge in [-0.25, -0.2) is 5.84 Å². The molecule has 0 radical (unpaired) electrons. The van der Waals surface area contributed by atoms with Crippen LogP contribution in [-0.4, -0.2) is 5.91 Å². The Morgan fingerprint density at radius 1 is 1.06 bits per heavy atom. The quantitative estimate of drug-likeness (QED) is 0.376. The molecule has 3 nitrogen and oxygen atoms in total. The maximum Gasteiger partial charge on any atom is 0.265 e. The van der Waals surface area contributed by atoms with Gasteiger partial charge in [-0.2, -0.15) is 0 Å². The highest BCUT2D eigenvalue weighted by Crippen LogP contribution is 2.36. The summed E-state index contributed by atoms with van der Waals surface area (Å²) in [6, 6.07) is 14.0. The number of amides is 1. The van der Waals surface area contributed by atoms with E-state index in [1.165, 1.54) is 22.3 Å². The predicted octanol–water partition coefficient (Wildman–Crippen LogP) is 1.86. The fourth-order valence-electron chi connectivity index (χ4n) is 2.37. The van der Waals surface area contributed by atoms with E-state index in [2.05, 4.69) is 17.6 Å². The van der Waals surface area contributed by atoms with E-state index in [4.69, 9.17) is 5.84 Å². The van der Waals surface area contributed by atoms with Gasteiger partial charge in [0.25, 0.3) is 5.91 Å². The van der Waals surface area contributed by atoms with Gasteiger partial charge in [-0.1, -0.05) is 30.3 Å². The Bertz CT molecular complexity index is 605. The molecule has 3 rings (SSSR count). The minimum atomic E-state index is -0.247. The van der Waals surface area contributed by atoms with Crippen LogP contribution in [0, 0.1) is 0 Å². The summed E-state index contributed by atoms with van der Waals surface area (Å²) < 4.78 is 0. The van der Waals surface area contributed by atoms with E-state index in [1.807, 2.05) is 30.3 Å². The standard InChI is InChI=1S/C14H12N2O/c15-16-14(17)10-5-6-13-11(8-10)7-9-3-1-2-4-12(9)13/h1-6,8H,7,15H2,(H,16,17). The van der Waals surface area contributed by atoms with Crippen LogP contribution in [0.3, 0.4) is 0 Å². The van der Waals surface area contributed by atoms with E-state index < -0.39 is 0 Å². The van der Waals surface area contributed by atoms with Crippen LogP contribution in [0.1, 0.15) is 21.5 Å². The lowest BCUT2D eigenvalue weighted by molar-refractivity contribution is 0.0953. The molecular weight excluding hydrogens is 212 g/mol. The maximum atomic E-state index is 11.5. The van der Waals surface area contributed by atoms with Gasteiger partial charge < -0.3 is 0 Å². The molecule has 2 aromatic rings. The number of nitrogens with two attached hydrogens (primary N) is 1. The van der Waals surface area contributed by atoms with Crippen molar-refractivity contribution in [3.05, 3.63) is 59.2 Å². The third-order valence-electron chi connectivity index (χ3n) is 3.19. The zero-order valence-electron chi connectivity index (χ0n) is 9.23. The third-order valence-corrected chi connectivity index (χ3v) is 3.19. The van der Waals surface area contributed by atoms with Gasteiger partial charge in [0.15, 0.2) is 0 Å². The molecule has 0 saturated heterocycles. The average molecular weight is 224 g/mol. The summed E-state index contributed by atoms with van der Waals surface area (Å²) in [6.45, 7) is 0. The van der Waals surface area contributed by atoms with Gasteiger partial charge in [0.05, 0.1) is 0 Å². The summed E-state index contributed by atoms with van der Waals surface area (Å²) in [7, 11) is 0. The molecule has 0 unspecified atom stereocenters. The molecule has 1 aliphatic rings. The number of hydrazine groups is 1. The Labute approximate surface area is 99.2 Å². The Morgan fingerprint density at radius 3 is 2.65 bits per heavy atom. The van der Waals surface area contributed by atoms with Gasteiger partial charge >= 0.3 is 0 Å². The van der Waals surface area contributed by atoms with Crippen LogP contribution >= 0.6 is 0 Å². The molecule has 17 heavy (non-hydrogen) atoms. The number of fused-ring (bicyclic) bond motifs is 3. The minimum Gasteiger partial charge on any atom is -0.290 e. The molecule has 0 aliphatic heterocycles. The number of rotatable bonds is 1. The lowest BCUT2D eigenvalue weighted by atomic mass is 10.0. The number of hydrogen-bond donors (Lipinski definition) is 2. The highest BCUT2D eigenvalue weighted by atomic mass is 16.2. The van der Waals surface area contributed by atoms with Crippen LogP contribution in [0.4, 0.5) is 0 Å². The second-order valence-corrected chi connectivity index (χ2v) is 4.18. The smallest absolute Gasteiger partial charge is 0.265 e. The molecule has 3 N–H and O–H groups in total. The first-order valence-corrected chi connectivity index (χ1v) is 5.52. The van der Waals surface area contributed by atoms with Crippen LogP contribution in [0.2, 0.25) is 0 Å². The molecule has 0 fully saturated rings. The molecule has 84 valence electrons. The molecule has 1 amide bonds. The lowest BCUT2D eigenvalue weighted by Crippen LogP contribution is -2.29. The Hall–Kier alpha value is -2.13. The fourth-order valence-corrected chi connectivity index (χ4v) is 2.37. The molecule has 0 bridgehead atoms. The summed E-state index contributed by atoms with van der Waals surface area (Å²) in [5, 5.41) is 0. The number of nitrogens with one attached hydrogen (secondary N) is 1. The number of nitrogen functional groups attached to an aromatic ring is 1. The highest BCUT2D eigenvalue weighted by molar-refractivity contribution is 5.95. The van der Waals surface area contributed by atoms with Crippen LogP contribution < -0.4 is 11.3 Å². The van der Waals surface area contributed by atoms with E-state index in [9.17, 15) is 4.79 Å². The van der Waals surface area contributed by atoms with Gasteiger partial charge in [-0.3, -0.25) is 10.2 Å². The first-order valence-electron chi connectivity index (χ1n) is 5.52. The van der Waals surface area contributed by atoms with E-state index in [1.54, 1.807) is 0 Å². The highest BCUT2D eigenvalue weighted by Gasteiger charge is 2.18. The zero-order chi connectivity index (χ0) is 11.8. The van der Waals surface area contributed by atoms with Gasteiger partial charge in [-0.15, -0.1) is 0 Å². The Morgan fingerprint density at radius 2 is 1.82 bits per heavy atom. The number of benzene rings is 2. The second kappa shape index (κ2) is 3.71. The predicted molar refractivity (Wildman–Crippen MR) is 66.3 cm³/mol. The van der Waals surface area contributed by atoms with Crippen LogP contribution in [0.25, 0.3) is 11.1 Å². The largest absolute Gasteiger partial charge is 0.290 e. The van der Waals surface area contributed by atoms with Crippen molar-refractivity contribution in [2.24, 2.45) is 5.84 Å². The second-order valence-electron chi connectivity index (χ2n) is 4.18. The van der Waals surface area contributed by atoms with Crippen molar-refractivity contribution in [2.75, 3.05) is 0 Å². The molecule has 0 aromatic heterocycles. The van der Waals surface area contributed by atoms with E-state index >= 15 is 0 Å². The van der Waals surface area contributed by atoms with Crippen LogP contribution in [0.15, 0.2) is 42.5 Å². The molecular formula is C14H12N2O. The SMILES string of the molecule is NNC(=O)c1ccc2c(c1)Cc1ccccc1-2. The van der Waals surface area contributed by atoms with Crippen molar-refractivity contribution in [1.29, 1.82) is 0 Å². The summed E-state index contributed by atoms with van der Waals surface area (Å²) in [4.78, 5) is 11.5. The summed E-state index contributed by atoms with van der Waals surface area (Å²) in [5.41, 5.74) is 7.75. The van der Waals surface area contributed by atoms with E-state index in [0.717, 1.165) is 6.42 Å². The van der Waals surface area contributed by atoms with Gasteiger partial charge in [0, 0.05) is 5.56 Å². The minimum absolute atomic E-state index is 0.247. The topological polar surface area (TPSA) is 55.1 Å². The van der Waals surface area contributed by atoms with E-state index in [-0.39, 0.29) is 5.91 Å². The molecule has 0 atom stereocenters. The number of hydrogen-bond acceptors (Lipinski definition) is 2. The molecule has 2 aromatic carbocycles. The van der Waals surface area contributed by atoms with Crippen molar-refractivity contribution >= 4 is 5.91 Å². The zero-order valence-corrected chi connectivity index (χ0v) is 9.23. The number of carbonyl (C=O) groups is 1. The van der Waals surface area contributed by atoms with Gasteiger partial charge in [0.2, 0.25) is 0 Å². The number of carbonyl (C=O) groups excluding carboxylic acids is 1. The summed E-state index contributed by atoms with van der Waals surface area (Å²) >= 11 is 0. The monoisotopic (exact) mass is 224 g/mol. The molecule has 3 heteroatoms. The van der Waals surface area contributed by atoms with Crippen LogP contribution in [-0.2, 0) is 6.42 Å². The first kappa shape index (κ1) is 10.1.